The van der Waals surface area contributed by atoms with Gasteiger partial charge in [-0.1, -0.05) is 12.1 Å². The zero-order valence-electron chi connectivity index (χ0n) is 8.08. The van der Waals surface area contributed by atoms with Gasteiger partial charge in [0.05, 0.1) is 5.60 Å². The zero-order valence-corrected chi connectivity index (χ0v) is 8.08. The van der Waals surface area contributed by atoms with E-state index in [1.165, 1.54) is 12.1 Å². The van der Waals surface area contributed by atoms with Gasteiger partial charge in [-0.15, -0.1) is 0 Å². The third-order valence-corrected chi connectivity index (χ3v) is 2.71. The van der Waals surface area contributed by atoms with E-state index in [0.29, 0.717) is 24.8 Å². The van der Waals surface area contributed by atoms with Gasteiger partial charge in [-0.05, 0) is 24.5 Å². The second-order valence-corrected chi connectivity index (χ2v) is 4.09. The number of alkyl halides is 2. The summed E-state index contributed by atoms with van der Waals surface area (Å²) >= 11 is 0. The Balaban J connectivity index is 2.19. The van der Waals surface area contributed by atoms with Crippen LogP contribution in [0.2, 0.25) is 0 Å². The lowest BCUT2D eigenvalue weighted by molar-refractivity contribution is 0.148. The molecule has 4 heteroatoms. The van der Waals surface area contributed by atoms with Crippen LogP contribution in [0.3, 0.4) is 0 Å². The minimum Gasteiger partial charge on any atom is -0.508 e. The smallest absolute Gasteiger partial charge is 0.263 e. The van der Waals surface area contributed by atoms with Crippen LogP contribution in [0.25, 0.3) is 0 Å². The first-order chi connectivity index (χ1) is 7.00. The van der Waals surface area contributed by atoms with Gasteiger partial charge in [0.2, 0.25) is 0 Å². The van der Waals surface area contributed by atoms with Gasteiger partial charge in [-0.3, -0.25) is 0 Å². The Morgan fingerprint density at radius 2 is 2.00 bits per heavy atom. The van der Waals surface area contributed by atoms with E-state index in [9.17, 15) is 19.0 Å². The van der Waals surface area contributed by atoms with Crippen molar-refractivity contribution in [1.29, 1.82) is 0 Å². The van der Waals surface area contributed by atoms with E-state index in [4.69, 9.17) is 0 Å². The SMILES string of the molecule is Oc1cc(C(F)F)ccc1CC1(O)CC1. The Hall–Kier alpha value is -1.16. The van der Waals surface area contributed by atoms with Crippen LogP contribution in [0.15, 0.2) is 18.2 Å². The lowest BCUT2D eigenvalue weighted by Crippen LogP contribution is -2.10. The van der Waals surface area contributed by atoms with Gasteiger partial charge in [0.1, 0.15) is 5.75 Å². The van der Waals surface area contributed by atoms with Gasteiger partial charge in [0, 0.05) is 12.0 Å². The van der Waals surface area contributed by atoms with Crippen LogP contribution in [-0.2, 0) is 6.42 Å². The lowest BCUT2D eigenvalue weighted by atomic mass is 10.0. The Morgan fingerprint density at radius 1 is 1.33 bits per heavy atom. The molecule has 2 N–H and O–H groups in total. The molecule has 1 aromatic carbocycles. The average Bonchev–Trinajstić information content (AvgIpc) is 2.87. The van der Waals surface area contributed by atoms with Crippen molar-refractivity contribution < 1.29 is 19.0 Å². The van der Waals surface area contributed by atoms with Crippen molar-refractivity contribution in [3.05, 3.63) is 29.3 Å². The third kappa shape index (κ3) is 2.26. The van der Waals surface area contributed by atoms with Crippen molar-refractivity contribution in [2.45, 2.75) is 31.3 Å². The fraction of sp³-hybridized carbons (Fsp3) is 0.455. The van der Waals surface area contributed by atoms with Crippen LogP contribution in [-0.4, -0.2) is 15.8 Å². The fourth-order valence-corrected chi connectivity index (χ4v) is 1.54. The number of aromatic hydroxyl groups is 1. The van der Waals surface area contributed by atoms with Crippen LogP contribution in [0, 0.1) is 0 Å². The number of phenolic OH excluding ortho intramolecular Hbond substituents is 1. The summed E-state index contributed by atoms with van der Waals surface area (Å²) in [4.78, 5) is 0. The second kappa shape index (κ2) is 3.45. The third-order valence-electron chi connectivity index (χ3n) is 2.71. The largest absolute Gasteiger partial charge is 0.508 e. The van der Waals surface area contributed by atoms with Crippen molar-refractivity contribution in [2.24, 2.45) is 0 Å². The summed E-state index contributed by atoms with van der Waals surface area (Å²) in [7, 11) is 0. The van der Waals surface area contributed by atoms with Crippen LogP contribution in [0.4, 0.5) is 8.78 Å². The van der Waals surface area contributed by atoms with E-state index in [-0.39, 0.29) is 11.3 Å². The van der Waals surface area contributed by atoms with E-state index in [2.05, 4.69) is 0 Å². The van der Waals surface area contributed by atoms with Crippen LogP contribution in [0.5, 0.6) is 5.75 Å². The zero-order chi connectivity index (χ0) is 11.1. The van der Waals surface area contributed by atoms with Crippen molar-refractivity contribution in [2.75, 3.05) is 0 Å². The van der Waals surface area contributed by atoms with E-state index in [1.54, 1.807) is 0 Å². The highest BCUT2D eigenvalue weighted by Gasteiger charge is 2.40. The molecule has 1 saturated carbocycles. The molecule has 1 aliphatic carbocycles. The summed E-state index contributed by atoms with van der Waals surface area (Å²) < 4.78 is 24.5. The van der Waals surface area contributed by atoms with Gasteiger partial charge in [-0.25, -0.2) is 8.78 Å². The topological polar surface area (TPSA) is 40.5 Å². The Labute approximate surface area is 86.2 Å². The predicted molar refractivity (Wildman–Crippen MR) is 51.0 cm³/mol. The van der Waals surface area contributed by atoms with Crippen molar-refractivity contribution in [3.63, 3.8) is 0 Å². The Bertz CT molecular complexity index is 373. The van der Waals surface area contributed by atoms with Crippen LogP contribution in [0.1, 0.15) is 30.4 Å². The van der Waals surface area contributed by atoms with Gasteiger partial charge in [0.25, 0.3) is 6.43 Å². The van der Waals surface area contributed by atoms with E-state index < -0.39 is 12.0 Å². The van der Waals surface area contributed by atoms with Crippen molar-refractivity contribution >= 4 is 0 Å². The summed E-state index contributed by atoms with van der Waals surface area (Å²) in [6, 6.07) is 3.80. The minimum absolute atomic E-state index is 0.159. The summed E-state index contributed by atoms with van der Waals surface area (Å²) in [5.41, 5.74) is -0.387. The molecule has 0 amide bonds. The highest BCUT2D eigenvalue weighted by atomic mass is 19.3. The van der Waals surface area contributed by atoms with Gasteiger partial charge in [-0.2, -0.15) is 0 Å². The maximum atomic E-state index is 12.3. The molecule has 0 aromatic heterocycles. The molecule has 0 heterocycles. The quantitative estimate of drug-likeness (QED) is 0.811. The van der Waals surface area contributed by atoms with Crippen LogP contribution >= 0.6 is 0 Å². The highest BCUT2D eigenvalue weighted by Crippen LogP contribution is 2.40. The first-order valence-corrected chi connectivity index (χ1v) is 4.82. The predicted octanol–water partition coefficient (Wildman–Crippen LogP) is 2.40. The molecule has 2 rings (SSSR count). The van der Waals surface area contributed by atoms with Gasteiger partial charge in [0.15, 0.2) is 0 Å². The molecule has 0 saturated heterocycles. The molecule has 0 atom stereocenters. The number of phenols is 1. The molecular weight excluding hydrogens is 202 g/mol. The number of halogens is 2. The molecule has 2 nitrogen and oxygen atoms in total. The molecule has 15 heavy (non-hydrogen) atoms. The highest BCUT2D eigenvalue weighted by molar-refractivity contribution is 5.38. The van der Waals surface area contributed by atoms with Gasteiger partial charge < -0.3 is 10.2 Å². The normalized spacial score (nSPS) is 18.1. The number of aliphatic hydroxyl groups is 1. The molecule has 1 fully saturated rings. The monoisotopic (exact) mass is 214 g/mol. The summed E-state index contributed by atoms with van der Waals surface area (Å²) in [6.45, 7) is 0. The molecule has 0 radical (unpaired) electrons. The number of hydrogen-bond donors (Lipinski definition) is 2. The molecule has 0 spiro atoms. The number of rotatable bonds is 3. The number of benzene rings is 1. The molecule has 0 bridgehead atoms. The minimum atomic E-state index is -2.58. The molecule has 1 aliphatic rings. The molecule has 0 unspecified atom stereocenters. The van der Waals surface area contributed by atoms with Gasteiger partial charge >= 0.3 is 0 Å². The summed E-state index contributed by atoms with van der Waals surface area (Å²) in [5, 5.41) is 19.1. The summed E-state index contributed by atoms with van der Waals surface area (Å²) in [6.07, 6.45) is -0.817. The lowest BCUT2D eigenvalue weighted by Gasteiger charge is -2.10. The number of hydrogen-bond acceptors (Lipinski definition) is 2. The first kappa shape index (κ1) is 10.4. The fourth-order valence-electron chi connectivity index (χ4n) is 1.54. The Morgan fingerprint density at radius 3 is 2.47 bits per heavy atom. The standard InChI is InChI=1S/C11H12F2O2/c12-10(13)7-1-2-8(9(14)5-7)6-11(15)3-4-11/h1-2,5,10,14-15H,3-4,6H2. The van der Waals surface area contributed by atoms with E-state index in [0.717, 1.165) is 6.07 Å². The van der Waals surface area contributed by atoms with Crippen molar-refractivity contribution in [3.8, 4) is 5.75 Å². The molecule has 1 aromatic rings. The maximum Gasteiger partial charge on any atom is 0.263 e. The molecule has 82 valence electrons. The maximum absolute atomic E-state index is 12.3. The summed E-state index contributed by atoms with van der Waals surface area (Å²) in [5.74, 6) is -0.159. The Kier molecular flexibility index (Phi) is 2.38. The van der Waals surface area contributed by atoms with E-state index in [1.807, 2.05) is 0 Å². The van der Waals surface area contributed by atoms with Crippen LogP contribution < -0.4 is 0 Å². The first-order valence-electron chi connectivity index (χ1n) is 4.82. The molecule has 0 aliphatic heterocycles. The average molecular weight is 214 g/mol. The van der Waals surface area contributed by atoms with Crippen molar-refractivity contribution in [1.82, 2.24) is 0 Å². The molecular formula is C11H12F2O2. The second-order valence-electron chi connectivity index (χ2n) is 4.09. The van der Waals surface area contributed by atoms with E-state index >= 15 is 0 Å².